The zero-order valence-electron chi connectivity index (χ0n) is 18.3. The summed E-state index contributed by atoms with van der Waals surface area (Å²) in [7, 11) is 0. The highest BCUT2D eigenvalue weighted by Gasteiger charge is 2.21. The minimum absolute atomic E-state index is 0.0273. The third-order valence-electron chi connectivity index (χ3n) is 5.91. The quantitative estimate of drug-likeness (QED) is 0.503. The molecule has 0 saturated carbocycles. The maximum Gasteiger partial charge on any atom is 0.262 e. The van der Waals surface area contributed by atoms with Crippen LogP contribution in [0.3, 0.4) is 0 Å². The summed E-state index contributed by atoms with van der Waals surface area (Å²) in [6.07, 6.45) is 0. The van der Waals surface area contributed by atoms with Gasteiger partial charge in [0.2, 0.25) is 0 Å². The molecular formula is C26H26N4O2. The van der Waals surface area contributed by atoms with Gasteiger partial charge in [-0.1, -0.05) is 35.9 Å². The number of imidazole rings is 1. The third-order valence-corrected chi connectivity index (χ3v) is 5.91. The average molecular weight is 427 g/mol. The molecule has 0 spiro atoms. The van der Waals surface area contributed by atoms with Crippen LogP contribution in [0.15, 0.2) is 66.7 Å². The fourth-order valence-electron chi connectivity index (χ4n) is 4.10. The van der Waals surface area contributed by atoms with Crippen LogP contribution in [-0.2, 0) is 17.9 Å². The maximum absolute atomic E-state index is 12.5. The topological polar surface area (TPSA) is 59.4 Å². The van der Waals surface area contributed by atoms with Crippen LogP contribution in [0.2, 0.25) is 0 Å². The molecule has 1 N–H and O–H groups in total. The highest BCUT2D eigenvalue weighted by molar-refractivity contribution is 5.93. The van der Waals surface area contributed by atoms with Crippen molar-refractivity contribution in [2.75, 3.05) is 23.4 Å². The van der Waals surface area contributed by atoms with E-state index in [4.69, 9.17) is 9.72 Å². The molecule has 32 heavy (non-hydrogen) atoms. The molecule has 0 fully saturated rings. The highest BCUT2D eigenvalue weighted by atomic mass is 16.5. The average Bonchev–Trinajstić information content (AvgIpc) is 3.18. The third kappa shape index (κ3) is 4.04. The summed E-state index contributed by atoms with van der Waals surface area (Å²) in [6.45, 7) is 6.50. The van der Waals surface area contributed by atoms with E-state index in [0.717, 1.165) is 53.5 Å². The Labute approximate surface area is 187 Å². The lowest BCUT2D eigenvalue weighted by atomic mass is 10.1. The monoisotopic (exact) mass is 426 g/mol. The molecular weight excluding hydrogens is 400 g/mol. The van der Waals surface area contributed by atoms with Crippen LogP contribution in [-0.4, -0.2) is 28.6 Å². The first-order valence-corrected chi connectivity index (χ1v) is 10.9. The number of hydrogen-bond donors (Lipinski definition) is 1. The zero-order valence-corrected chi connectivity index (χ0v) is 18.3. The largest absolute Gasteiger partial charge is 0.484 e. The van der Waals surface area contributed by atoms with Crippen LogP contribution in [0.5, 0.6) is 5.75 Å². The molecule has 0 bridgehead atoms. The molecule has 162 valence electrons. The number of ether oxygens (including phenoxy) is 1. The van der Waals surface area contributed by atoms with Crippen molar-refractivity contribution in [1.29, 1.82) is 0 Å². The van der Waals surface area contributed by atoms with E-state index >= 15 is 0 Å². The number of anilines is 2. The van der Waals surface area contributed by atoms with E-state index in [9.17, 15) is 4.79 Å². The summed E-state index contributed by atoms with van der Waals surface area (Å²) in [4.78, 5) is 19.6. The molecule has 1 amide bonds. The lowest BCUT2D eigenvalue weighted by Gasteiger charge is -2.30. The molecule has 5 rings (SSSR count). The smallest absolute Gasteiger partial charge is 0.262 e. The van der Waals surface area contributed by atoms with Gasteiger partial charge in [0.1, 0.15) is 11.6 Å². The zero-order chi connectivity index (χ0) is 22.1. The molecule has 0 unspecified atom stereocenters. The minimum Gasteiger partial charge on any atom is -0.484 e. The molecule has 4 aromatic rings. The Kier molecular flexibility index (Phi) is 5.27. The Hall–Kier alpha value is -3.80. The predicted octanol–water partition coefficient (Wildman–Crippen LogP) is 4.69. The number of aryl methyl sites for hydroxylation is 2. The molecule has 1 aromatic heterocycles. The predicted molar refractivity (Wildman–Crippen MR) is 127 cm³/mol. The highest BCUT2D eigenvalue weighted by Crippen LogP contribution is 2.28. The molecule has 0 aliphatic carbocycles. The van der Waals surface area contributed by atoms with E-state index in [-0.39, 0.29) is 12.5 Å². The SMILES string of the molecule is Cc1ccc(OCC(=O)Nc2cc(N3CCn4c(nc5ccccc54)C3)ccc2C)cc1. The second-order valence-corrected chi connectivity index (χ2v) is 8.24. The van der Waals surface area contributed by atoms with Crippen molar-refractivity contribution in [3.05, 3.63) is 83.7 Å². The van der Waals surface area contributed by atoms with Gasteiger partial charge in [-0.2, -0.15) is 0 Å². The Balaban J connectivity index is 1.28. The summed E-state index contributed by atoms with van der Waals surface area (Å²) in [5, 5.41) is 3.00. The van der Waals surface area contributed by atoms with E-state index in [1.165, 1.54) is 5.52 Å². The number of fused-ring (bicyclic) bond motifs is 3. The molecule has 0 saturated heterocycles. The van der Waals surface area contributed by atoms with Gasteiger partial charge in [0.15, 0.2) is 6.61 Å². The van der Waals surface area contributed by atoms with Crippen molar-refractivity contribution in [3.63, 3.8) is 0 Å². The van der Waals surface area contributed by atoms with Crippen LogP contribution in [0, 0.1) is 13.8 Å². The number of nitrogens with zero attached hydrogens (tertiary/aromatic N) is 3. The van der Waals surface area contributed by atoms with E-state index in [0.29, 0.717) is 5.75 Å². The maximum atomic E-state index is 12.5. The lowest BCUT2D eigenvalue weighted by Crippen LogP contribution is -2.33. The Morgan fingerprint density at radius 3 is 2.69 bits per heavy atom. The summed E-state index contributed by atoms with van der Waals surface area (Å²) in [5.41, 5.74) is 6.27. The van der Waals surface area contributed by atoms with E-state index in [2.05, 4.69) is 39.0 Å². The standard InChI is InChI=1S/C26H26N4O2/c1-18-7-11-21(12-8-18)32-17-26(31)28-23-15-20(10-9-19(23)2)29-13-14-30-24-6-4-3-5-22(24)27-25(30)16-29/h3-12,15H,13-14,16-17H2,1-2H3,(H,28,31). The Bertz CT molecular complexity index is 1280. The van der Waals surface area contributed by atoms with Gasteiger partial charge in [-0.25, -0.2) is 4.98 Å². The van der Waals surface area contributed by atoms with E-state index in [1.807, 2.05) is 56.3 Å². The molecule has 1 aliphatic heterocycles. The van der Waals surface area contributed by atoms with E-state index < -0.39 is 0 Å². The van der Waals surface area contributed by atoms with Gasteiger partial charge in [-0.15, -0.1) is 0 Å². The van der Waals surface area contributed by atoms with Gasteiger partial charge in [0.25, 0.3) is 5.91 Å². The number of aromatic nitrogens is 2. The van der Waals surface area contributed by atoms with Crippen LogP contribution in [0.25, 0.3) is 11.0 Å². The van der Waals surface area contributed by atoms with Crippen molar-refractivity contribution >= 4 is 28.3 Å². The fraction of sp³-hybridized carbons (Fsp3) is 0.231. The van der Waals surface area contributed by atoms with Crippen molar-refractivity contribution in [2.45, 2.75) is 26.9 Å². The number of rotatable bonds is 5. The van der Waals surface area contributed by atoms with Gasteiger partial charge < -0.3 is 19.5 Å². The van der Waals surface area contributed by atoms with E-state index in [1.54, 1.807) is 0 Å². The van der Waals surface area contributed by atoms with Crippen LogP contribution in [0.1, 0.15) is 17.0 Å². The minimum atomic E-state index is -0.175. The molecule has 1 aliphatic rings. The van der Waals surface area contributed by atoms with Gasteiger partial charge in [0, 0.05) is 24.5 Å². The number of amides is 1. The number of benzene rings is 3. The number of carbonyl (C=O) groups is 1. The number of para-hydroxylation sites is 2. The molecule has 3 aromatic carbocycles. The fourth-order valence-corrected chi connectivity index (χ4v) is 4.10. The van der Waals surface area contributed by atoms with Gasteiger partial charge >= 0.3 is 0 Å². The number of hydrogen-bond acceptors (Lipinski definition) is 4. The summed E-state index contributed by atoms with van der Waals surface area (Å²) in [6, 6.07) is 22.1. The second-order valence-electron chi connectivity index (χ2n) is 8.24. The normalized spacial score (nSPS) is 13.1. The first kappa shape index (κ1) is 20.1. The first-order chi connectivity index (χ1) is 15.6. The Morgan fingerprint density at radius 1 is 1.03 bits per heavy atom. The lowest BCUT2D eigenvalue weighted by molar-refractivity contribution is -0.118. The molecule has 6 nitrogen and oxygen atoms in total. The van der Waals surface area contributed by atoms with Crippen LogP contribution >= 0.6 is 0 Å². The van der Waals surface area contributed by atoms with Crippen LogP contribution in [0.4, 0.5) is 11.4 Å². The Morgan fingerprint density at radius 2 is 1.84 bits per heavy atom. The van der Waals surface area contributed by atoms with Gasteiger partial charge in [-0.05, 0) is 55.8 Å². The van der Waals surface area contributed by atoms with Crippen molar-refractivity contribution in [3.8, 4) is 5.75 Å². The number of carbonyl (C=O) groups excluding carboxylic acids is 1. The molecule has 0 atom stereocenters. The molecule has 2 heterocycles. The van der Waals surface area contributed by atoms with Gasteiger partial charge in [0.05, 0.1) is 17.6 Å². The van der Waals surface area contributed by atoms with Crippen molar-refractivity contribution in [2.24, 2.45) is 0 Å². The second kappa shape index (κ2) is 8.38. The summed E-state index contributed by atoms with van der Waals surface area (Å²) in [5.74, 6) is 1.58. The summed E-state index contributed by atoms with van der Waals surface area (Å²) >= 11 is 0. The van der Waals surface area contributed by atoms with Gasteiger partial charge in [-0.3, -0.25) is 4.79 Å². The summed E-state index contributed by atoms with van der Waals surface area (Å²) < 4.78 is 7.91. The molecule has 6 heteroatoms. The van der Waals surface area contributed by atoms with Crippen molar-refractivity contribution < 1.29 is 9.53 Å². The number of nitrogens with one attached hydrogen (secondary N) is 1. The first-order valence-electron chi connectivity index (χ1n) is 10.9. The van der Waals surface area contributed by atoms with Crippen LogP contribution < -0.4 is 15.0 Å². The molecule has 0 radical (unpaired) electrons. The van der Waals surface area contributed by atoms with Crippen molar-refractivity contribution in [1.82, 2.24) is 9.55 Å².